The Morgan fingerprint density at radius 1 is 1.05 bits per heavy atom. The van der Waals surface area contributed by atoms with Crippen LogP contribution in [-0.2, 0) is 6.54 Å². The lowest BCUT2D eigenvalue weighted by molar-refractivity contribution is 0.0940. The molecule has 4 aromatic heterocycles. The minimum atomic E-state index is -0.964. The van der Waals surface area contributed by atoms with Gasteiger partial charge in [0.15, 0.2) is 11.6 Å². The average molecular weight is 518 g/mol. The summed E-state index contributed by atoms with van der Waals surface area (Å²) in [6.45, 7) is 2.13. The fourth-order valence-electron chi connectivity index (χ4n) is 3.76. The van der Waals surface area contributed by atoms with E-state index in [0.717, 1.165) is 33.0 Å². The molecule has 0 aliphatic heterocycles. The second-order valence-electron chi connectivity index (χ2n) is 8.23. The number of aromatic nitrogens is 4. The highest BCUT2D eigenvalue weighted by molar-refractivity contribution is 7.15. The monoisotopic (exact) mass is 517 g/mol. The second kappa shape index (κ2) is 10.2. The molecule has 0 radical (unpaired) electrons. The van der Waals surface area contributed by atoms with E-state index in [2.05, 4.69) is 30.6 Å². The zero-order valence-corrected chi connectivity index (χ0v) is 20.4. The summed E-state index contributed by atoms with van der Waals surface area (Å²) >= 11 is 1.54. The zero-order valence-electron chi connectivity index (χ0n) is 19.6. The number of anilines is 2. The normalized spacial score (nSPS) is 11.9. The molecule has 0 unspecified atom stereocenters. The molecule has 37 heavy (non-hydrogen) atoms. The van der Waals surface area contributed by atoms with E-state index in [0.29, 0.717) is 34.8 Å². The molecule has 0 fully saturated rings. The molecular formula is C26H21F2N7OS. The van der Waals surface area contributed by atoms with Crippen molar-refractivity contribution in [2.75, 3.05) is 11.1 Å². The van der Waals surface area contributed by atoms with E-state index < -0.39 is 17.7 Å². The molecule has 4 N–H and O–H groups in total. The largest absolute Gasteiger partial charge is 0.383 e. The number of nitrogen functional groups attached to an aromatic ring is 1. The molecule has 0 bridgehead atoms. The number of halogens is 2. The van der Waals surface area contributed by atoms with Gasteiger partial charge in [-0.25, -0.2) is 23.7 Å². The lowest BCUT2D eigenvalue weighted by Crippen LogP contribution is -2.27. The van der Waals surface area contributed by atoms with Crippen LogP contribution in [0.1, 0.15) is 33.8 Å². The second-order valence-corrected chi connectivity index (χ2v) is 9.40. The Morgan fingerprint density at radius 3 is 2.76 bits per heavy atom. The number of pyridine rings is 2. The highest BCUT2D eigenvalue weighted by atomic mass is 32.1. The van der Waals surface area contributed by atoms with Crippen LogP contribution in [0.15, 0.2) is 67.3 Å². The third-order valence-corrected chi connectivity index (χ3v) is 6.85. The fraction of sp³-hybridized carbons (Fsp3) is 0.115. The van der Waals surface area contributed by atoms with E-state index in [1.807, 2.05) is 18.2 Å². The van der Waals surface area contributed by atoms with Crippen LogP contribution in [0.5, 0.6) is 0 Å². The number of carbonyl (C=O) groups is 1. The summed E-state index contributed by atoms with van der Waals surface area (Å²) in [5.41, 5.74) is 8.20. The van der Waals surface area contributed by atoms with Crippen molar-refractivity contribution >= 4 is 39.8 Å². The van der Waals surface area contributed by atoms with Gasteiger partial charge >= 0.3 is 0 Å². The van der Waals surface area contributed by atoms with Crippen molar-refractivity contribution in [3.05, 3.63) is 94.9 Å². The zero-order chi connectivity index (χ0) is 25.9. The molecule has 1 aromatic carbocycles. The number of thiophene rings is 1. The molecule has 5 aromatic rings. The maximum atomic E-state index is 13.6. The van der Waals surface area contributed by atoms with Crippen LogP contribution in [-0.4, -0.2) is 25.8 Å². The van der Waals surface area contributed by atoms with Crippen molar-refractivity contribution in [1.29, 1.82) is 0 Å². The number of hydrogen-bond acceptors (Lipinski definition) is 8. The van der Waals surface area contributed by atoms with E-state index >= 15 is 0 Å². The van der Waals surface area contributed by atoms with Crippen LogP contribution >= 0.6 is 11.3 Å². The first-order valence-corrected chi connectivity index (χ1v) is 12.1. The van der Waals surface area contributed by atoms with Gasteiger partial charge in [-0.2, -0.15) is 0 Å². The number of amides is 1. The van der Waals surface area contributed by atoms with Crippen molar-refractivity contribution in [2.45, 2.75) is 19.5 Å². The maximum absolute atomic E-state index is 13.6. The number of carbonyl (C=O) groups excluding carboxylic acids is 1. The number of nitrogens with zero attached hydrogens (tertiary/aromatic N) is 4. The predicted octanol–water partition coefficient (Wildman–Crippen LogP) is 5.11. The lowest BCUT2D eigenvalue weighted by Gasteiger charge is -2.16. The summed E-state index contributed by atoms with van der Waals surface area (Å²) in [5.74, 6) is -1.49. The van der Waals surface area contributed by atoms with Gasteiger partial charge in [-0.15, -0.1) is 11.3 Å². The number of hydrogen-bond donors (Lipinski definition) is 3. The molecule has 0 spiro atoms. The van der Waals surface area contributed by atoms with Crippen molar-refractivity contribution in [1.82, 2.24) is 25.3 Å². The Kier molecular flexibility index (Phi) is 6.69. The first kappa shape index (κ1) is 24.2. The summed E-state index contributed by atoms with van der Waals surface area (Å²) < 4.78 is 26.9. The topological polar surface area (TPSA) is 119 Å². The van der Waals surface area contributed by atoms with Crippen LogP contribution in [0.4, 0.5) is 20.4 Å². The molecule has 1 amide bonds. The van der Waals surface area contributed by atoms with Crippen LogP contribution in [0.2, 0.25) is 0 Å². The molecule has 1 atom stereocenters. The van der Waals surface area contributed by atoms with E-state index in [1.165, 1.54) is 12.4 Å². The minimum absolute atomic E-state index is 0.334. The van der Waals surface area contributed by atoms with Gasteiger partial charge in [-0.3, -0.25) is 9.78 Å². The Bertz CT molecular complexity index is 1610. The van der Waals surface area contributed by atoms with Gasteiger partial charge in [-0.05, 0) is 55.0 Å². The minimum Gasteiger partial charge on any atom is -0.383 e. The molecule has 0 aliphatic carbocycles. The third-order valence-electron chi connectivity index (χ3n) is 5.74. The Morgan fingerprint density at radius 2 is 1.92 bits per heavy atom. The third kappa shape index (κ3) is 5.21. The van der Waals surface area contributed by atoms with Crippen molar-refractivity contribution in [3.8, 4) is 10.6 Å². The first-order valence-electron chi connectivity index (χ1n) is 11.3. The highest BCUT2D eigenvalue weighted by Gasteiger charge is 2.17. The smallest absolute Gasteiger partial charge is 0.255 e. The Balaban J connectivity index is 1.28. The van der Waals surface area contributed by atoms with Gasteiger partial charge in [0.2, 0.25) is 0 Å². The standard InChI is InChI=1S/C26H21F2N7OS/c1-14(15-4-6-19(27)20(28)9-15)35-26(36)17-3-2-8-30-25(17)32-11-16-5-7-23(37-16)21-10-18-22(12-31-21)33-13-34-24(18)29/h2-10,12-14H,11H2,1H3,(H,30,32)(H,35,36)(H2,29,33,34)/t14-/m0/s1. The lowest BCUT2D eigenvalue weighted by atomic mass is 10.1. The van der Waals surface area contributed by atoms with Gasteiger partial charge < -0.3 is 16.4 Å². The molecule has 4 heterocycles. The van der Waals surface area contributed by atoms with Crippen molar-refractivity contribution in [3.63, 3.8) is 0 Å². The van der Waals surface area contributed by atoms with E-state index in [1.54, 1.807) is 42.8 Å². The molecule has 186 valence electrons. The Labute approximate surface area is 214 Å². The number of rotatable bonds is 7. The molecule has 0 saturated heterocycles. The van der Waals surface area contributed by atoms with Crippen molar-refractivity contribution in [2.24, 2.45) is 0 Å². The summed E-state index contributed by atoms with van der Waals surface area (Å²) in [6, 6.07) is 12.1. The summed E-state index contributed by atoms with van der Waals surface area (Å²) in [6.07, 6.45) is 4.66. The van der Waals surface area contributed by atoms with Crippen molar-refractivity contribution < 1.29 is 13.6 Å². The van der Waals surface area contributed by atoms with Crippen LogP contribution < -0.4 is 16.4 Å². The van der Waals surface area contributed by atoms with Gasteiger partial charge in [0.05, 0.1) is 40.4 Å². The Hall–Kier alpha value is -4.51. The molecular weight excluding hydrogens is 496 g/mol. The summed E-state index contributed by atoms with van der Waals surface area (Å²) in [5, 5.41) is 6.76. The van der Waals surface area contributed by atoms with Gasteiger partial charge in [0.1, 0.15) is 18.0 Å². The van der Waals surface area contributed by atoms with E-state index in [-0.39, 0.29) is 5.91 Å². The highest BCUT2D eigenvalue weighted by Crippen LogP contribution is 2.30. The molecule has 8 nitrogen and oxygen atoms in total. The summed E-state index contributed by atoms with van der Waals surface area (Å²) in [4.78, 5) is 31.9. The van der Waals surface area contributed by atoms with Crippen LogP contribution in [0.25, 0.3) is 21.5 Å². The maximum Gasteiger partial charge on any atom is 0.255 e. The van der Waals surface area contributed by atoms with Crippen LogP contribution in [0.3, 0.4) is 0 Å². The fourth-order valence-corrected chi connectivity index (χ4v) is 4.68. The number of nitrogens with one attached hydrogen (secondary N) is 2. The van der Waals surface area contributed by atoms with Gasteiger partial charge in [-0.1, -0.05) is 6.07 Å². The molecule has 0 aliphatic rings. The summed E-state index contributed by atoms with van der Waals surface area (Å²) in [7, 11) is 0. The van der Waals surface area contributed by atoms with Gasteiger partial charge in [0, 0.05) is 16.5 Å². The first-order chi connectivity index (χ1) is 17.9. The SMILES string of the molecule is C[C@H](NC(=O)c1cccnc1NCc1ccc(-c2cc3c(N)ncnc3cn2)s1)c1ccc(F)c(F)c1. The van der Waals surface area contributed by atoms with Gasteiger partial charge in [0.25, 0.3) is 5.91 Å². The van der Waals surface area contributed by atoms with E-state index in [9.17, 15) is 13.6 Å². The van der Waals surface area contributed by atoms with Crippen LogP contribution in [0, 0.1) is 11.6 Å². The molecule has 11 heteroatoms. The van der Waals surface area contributed by atoms with E-state index in [4.69, 9.17) is 5.73 Å². The number of nitrogens with two attached hydrogens (primary N) is 1. The number of benzene rings is 1. The molecule has 5 rings (SSSR count). The quantitative estimate of drug-likeness (QED) is 0.274. The number of fused-ring (bicyclic) bond motifs is 1. The molecule has 0 saturated carbocycles. The average Bonchev–Trinajstić information content (AvgIpc) is 3.38. The predicted molar refractivity (Wildman–Crippen MR) is 139 cm³/mol.